The molecule has 0 bridgehead atoms. The van der Waals surface area contributed by atoms with Gasteiger partial charge >= 0.3 is 5.69 Å². The van der Waals surface area contributed by atoms with Gasteiger partial charge in [-0.2, -0.15) is 0 Å². The summed E-state index contributed by atoms with van der Waals surface area (Å²) in [5, 5.41) is 20.4. The van der Waals surface area contributed by atoms with E-state index >= 15 is 0 Å². The van der Waals surface area contributed by atoms with E-state index in [1.807, 2.05) is 45.0 Å². The molecule has 2 aromatic heterocycles. The van der Waals surface area contributed by atoms with Crippen LogP contribution in [0.5, 0.6) is 11.5 Å². The molecule has 0 fully saturated rings. The number of hydrogen-bond acceptors (Lipinski definition) is 5. The average Bonchev–Trinajstić information content (AvgIpc) is 3.16. The predicted molar refractivity (Wildman–Crippen MR) is 129 cm³/mol. The zero-order valence-electron chi connectivity index (χ0n) is 19.8. The molecule has 8 nitrogen and oxygen atoms in total. The first-order chi connectivity index (χ1) is 16.0. The summed E-state index contributed by atoms with van der Waals surface area (Å²) >= 11 is 0. The zero-order valence-corrected chi connectivity index (χ0v) is 19.8. The number of ether oxygens (including phenoxy) is 1. The Balaban J connectivity index is 2.01. The van der Waals surface area contributed by atoms with Gasteiger partial charge in [-0.3, -0.25) is 13.9 Å². The maximum Gasteiger partial charge on any atom is 0.331 e. The second-order valence-corrected chi connectivity index (χ2v) is 9.62. The molecule has 34 heavy (non-hydrogen) atoms. The van der Waals surface area contributed by atoms with Crippen LogP contribution in [0.1, 0.15) is 36.8 Å². The molecule has 3 heterocycles. The number of aromatic hydroxyl groups is 2. The number of fused-ring (bicyclic) bond motifs is 3. The number of phenols is 2. The third kappa shape index (κ3) is 3.02. The van der Waals surface area contributed by atoms with E-state index in [2.05, 4.69) is 4.57 Å². The van der Waals surface area contributed by atoms with Gasteiger partial charge in [0.2, 0.25) is 0 Å². The van der Waals surface area contributed by atoms with Crippen molar-refractivity contribution in [1.82, 2.24) is 13.7 Å². The van der Waals surface area contributed by atoms with Crippen LogP contribution in [0, 0.1) is 6.92 Å². The van der Waals surface area contributed by atoms with Crippen molar-refractivity contribution < 1.29 is 14.9 Å². The van der Waals surface area contributed by atoms with Crippen LogP contribution >= 0.6 is 0 Å². The Morgan fingerprint density at radius 1 is 1.00 bits per heavy atom. The summed E-state index contributed by atoms with van der Waals surface area (Å²) in [5.74, 6) is -0.501. The SMILES string of the molecule is Cc1cccc(-c2c3c(=O)n(C)c(=O)n(C)c3c3n2C(C)(C)COC3c2ccc(O)c(O)c2)c1. The van der Waals surface area contributed by atoms with E-state index in [4.69, 9.17) is 4.74 Å². The highest BCUT2D eigenvalue weighted by molar-refractivity contribution is 5.97. The normalized spacial score (nSPS) is 17.1. The molecule has 0 saturated heterocycles. The van der Waals surface area contributed by atoms with Crippen LogP contribution in [0.25, 0.3) is 22.2 Å². The van der Waals surface area contributed by atoms with Gasteiger partial charge in [-0.25, -0.2) is 4.79 Å². The maximum atomic E-state index is 13.6. The Morgan fingerprint density at radius 2 is 1.74 bits per heavy atom. The molecule has 1 aliphatic rings. The second-order valence-electron chi connectivity index (χ2n) is 9.62. The first-order valence-corrected chi connectivity index (χ1v) is 11.1. The monoisotopic (exact) mass is 461 g/mol. The summed E-state index contributed by atoms with van der Waals surface area (Å²) in [4.78, 5) is 26.6. The van der Waals surface area contributed by atoms with Gasteiger partial charge in [-0.1, -0.05) is 29.8 Å². The summed E-state index contributed by atoms with van der Waals surface area (Å²) in [6, 6.07) is 12.5. The first-order valence-electron chi connectivity index (χ1n) is 11.1. The summed E-state index contributed by atoms with van der Waals surface area (Å²) in [6.45, 7) is 6.39. The van der Waals surface area contributed by atoms with Crippen molar-refractivity contribution in [3.05, 3.63) is 80.1 Å². The van der Waals surface area contributed by atoms with E-state index < -0.39 is 17.3 Å². The fourth-order valence-corrected chi connectivity index (χ4v) is 5.02. The topological polar surface area (TPSA) is 98.6 Å². The second kappa shape index (κ2) is 7.36. The summed E-state index contributed by atoms with van der Waals surface area (Å²) in [5.41, 5.74) is 3.06. The summed E-state index contributed by atoms with van der Waals surface area (Å²) < 4.78 is 11.0. The fraction of sp³-hybridized carbons (Fsp3) is 0.308. The molecule has 176 valence electrons. The lowest BCUT2D eigenvalue weighted by atomic mass is 9.97. The molecule has 1 unspecified atom stereocenters. The minimum atomic E-state index is -0.668. The molecule has 0 amide bonds. The molecule has 1 aliphatic heterocycles. The van der Waals surface area contributed by atoms with Crippen LogP contribution < -0.4 is 11.2 Å². The smallest absolute Gasteiger partial charge is 0.331 e. The van der Waals surface area contributed by atoms with Crippen LogP contribution in [0.3, 0.4) is 0 Å². The van der Waals surface area contributed by atoms with Gasteiger partial charge < -0.3 is 19.5 Å². The first kappa shape index (κ1) is 22.0. The van der Waals surface area contributed by atoms with E-state index in [-0.39, 0.29) is 17.1 Å². The Morgan fingerprint density at radius 3 is 2.41 bits per heavy atom. The third-order valence-corrected chi connectivity index (χ3v) is 6.66. The van der Waals surface area contributed by atoms with Gasteiger partial charge in [0.25, 0.3) is 5.56 Å². The molecular formula is C26H27N3O5. The van der Waals surface area contributed by atoms with Gasteiger partial charge in [-0.15, -0.1) is 0 Å². The predicted octanol–water partition coefficient (Wildman–Crippen LogP) is 3.28. The van der Waals surface area contributed by atoms with Gasteiger partial charge in [0, 0.05) is 14.1 Å². The van der Waals surface area contributed by atoms with Crippen molar-refractivity contribution in [2.24, 2.45) is 14.1 Å². The van der Waals surface area contributed by atoms with Gasteiger partial charge in [-0.05, 0) is 50.1 Å². The van der Waals surface area contributed by atoms with E-state index in [0.29, 0.717) is 28.8 Å². The quantitative estimate of drug-likeness (QED) is 0.447. The number of nitrogens with zero attached hydrogens (tertiary/aromatic N) is 3. The average molecular weight is 462 g/mol. The van der Waals surface area contributed by atoms with Crippen molar-refractivity contribution in [2.75, 3.05) is 6.61 Å². The van der Waals surface area contributed by atoms with Crippen LogP contribution in [0.15, 0.2) is 52.1 Å². The van der Waals surface area contributed by atoms with E-state index in [0.717, 1.165) is 21.4 Å². The molecule has 1 atom stereocenters. The van der Waals surface area contributed by atoms with Crippen molar-refractivity contribution >= 4 is 10.9 Å². The Labute approximate surface area is 195 Å². The lowest BCUT2D eigenvalue weighted by Gasteiger charge is -2.39. The van der Waals surface area contributed by atoms with Gasteiger partial charge in [0.1, 0.15) is 6.10 Å². The van der Waals surface area contributed by atoms with Crippen molar-refractivity contribution in [3.8, 4) is 22.8 Å². The highest BCUT2D eigenvalue weighted by Gasteiger charge is 2.40. The number of hydrogen-bond donors (Lipinski definition) is 2. The molecule has 8 heteroatoms. The molecule has 4 aromatic rings. The number of aryl methyl sites for hydroxylation is 2. The Hall–Kier alpha value is -3.78. The van der Waals surface area contributed by atoms with E-state index in [1.54, 1.807) is 13.1 Å². The highest BCUT2D eigenvalue weighted by atomic mass is 16.5. The number of aromatic nitrogens is 3. The van der Waals surface area contributed by atoms with Crippen LogP contribution in [-0.2, 0) is 24.4 Å². The molecule has 0 saturated carbocycles. The lowest BCUT2D eigenvalue weighted by molar-refractivity contribution is -0.00716. The molecular weight excluding hydrogens is 434 g/mol. The standard InChI is InChI=1S/C26H27N3O5/c1-14-7-6-8-15(11-14)20-19-21(27(4)25(33)28(5)24(19)32)22-23(34-13-26(2,3)29(20)22)16-9-10-17(30)18(31)12-16/h6-12,23,30-31H,13H2,1-5H3. The van der Waals surface area contributed by atoms with Gasteiger partial charge in [0.05, 0.1) is 34.4 Å². The zero-order chi connectivity index (χ0) is 24.5. The Bertz CT molecular complexity index is 1590. The van der Waals surface area contributed by atoms with E-state index in [1.165, 1.54) is 23.7 Å². The molecule has 0 aliphatic carbocycles. The third-order valence-electron chi connectivity index (χ3n) is 6.66. The van der Waals surface area contributed by atoms with Crippen molar-refractivity contribution in [1.29, 1.82) is 0 Å². The highest BCUT2D eigenvalue weighted by Crippen LogP contribution is 2.46. The molecule has 5 rings (SSSR count). The van der Waals surface area contributed by atoms with Crippen LogP contribution in [-0.4, -0.2) is 30.5 Å². The van der Waals surface area contributed by atoms with Crippen LogP contribution in [0.4, 0.5) is 0 Å². The number of phenolic OH excluding ortho intramolecular Hbond substituents is 2. The minimum absolute atomic E-state index is 0.234. The summed E-state index contributed by atoms with van der Waals surface area (Å²) in [7, 11) is 3.13. The fourth-order valence-electron chi connectivity index (χ4n) is 5.02. The minimum Gasteiger partial charge on any atom is -0.504 e. The molecule has 0 radical (unpaired) electrons. The Kier molecular flexibility index (Phi) is 4.77. The molecule has 2 aromatic carbocycles. The van der Waals surface area contributed by atoms with Gasteiger partial charge in [0.15, 0.2) is 11.5 Å². The number of rotatable bonds is 2. The van der Waals surface area contributed by atoms with Crippen molar-refractivity contribution in [2.45, 2.75) is 32.4 Å². The van der Waals surface area contributed by atoms with Crippen LogP contribution in [0.2, 0.25) is 0 Å². The lowest BCUT2D eigenvalue weighted by Crippen LogP contribution is -2.40. The summed E-state index contributed by atoms with van der Waals surface area (Å²) in [6.07, 6.45) is -0.668. The maximum absolute atomic E-state index is 13.6. The molecule has 0 spiro atoms. The van der Waals surface area contributed by atoms with E-state index in [9.17, 15) is 19.8 Å². The number of benzene rings is 2. The molecule has 2 N–H and O–H groups in total. The largest absolute Gasteiger partial charge is 0.504 e. The van der Waals surface area contributed by atoms with Crippen molar-refractivity contribution in [3.63, 3.8) is 0 Å².